The normalized spacial score (nSPS) is 10.8. The molecule has 0 aliphatic carbocycles. The second kappa shape index (κ2) is 7.80. The average molecular weight is 389 g/mol. The molecule has 148 valence electrons. The summed E-state index contributed by atoms with van der Waals surface area (Å²) in [5.74, 6) is 2.68. The van der Waals surface area contributed by atoms with Crippen LogP contribution in [0.4, 0.5) is 0 Å². The number of hydrogen-bond acceptors (Lipinski definition) is 4. The minimum atomic E-state index is 0.584. The van der Waals surface area contributed by atoms with Crippen molar-refractivity contribution in [1.82, 2.24) is 4.98 Å². The summed E-state index contributed by atoms with van der Waals surface area (Å²) in [7, 11) is 6.52. The van der Waals surface area contributed by atoms with Crippen molar-refractivity contribution >= 4 is 10.9 Å². The maximum absolute atomic E-state index is 5.50. The molecule has 5 nitrogen and oxygen atoms in total. The monoisotopic (exact) mass is 389 g/mol. The van der Waals surface area contributed by atoms with Gasteiger partial charge in [-0.3, -0.25) is 0 Å². The van der Waals surface area contributed by atoms with Gasteiger partial charge in [0.05, 0.1) is 28.4 Å². The Morgan fingerprint density at radius 2 is 1.38 bits per heavy atom. The molecule has 0 bridgehead atoms. The maximum atomic E-state index is 5.50. The van der Waals surface area contributed by atoms with Gasteiger partial charge in [0.15, 0.2) is 11.5 Å². The van der Waals surface area contributed by atoms with E-state index in [0.717, 1.165) is 38.9 Å². The van der Waals surface area contributed by atoms with Gasteiger partial charge in [-0.25, -0.2) is 0 Å². The number of fused-ring (bicyclic) bond motifs is 1. The predicted octanol–water partition coefficient (Wildman–Crippen LogP) is 5.54. The second-order valence-corrected chi connectivity index (χ2v) is 6.61. The molecule has 1 heterocycles. The molecule has 4 aromatic rings. The fraction of sp³-hybridized carbons (Fsp3) is 0.167. The van der Waals surface area contributed by atoms with E-state index >= 15 is 0 Å². The molecule has 29 heavy (non-hydrogen) atoms. The molecular formula is C24H23NO4. The Balaban J connectivity index is 1.81. The average Bonchev–Trinajstić information content (AvgIpc) is 3.21. The lowest BCUT2D eigenvalue weighted by molar-refractivity contribution is 0.324. The summed E-state index contributed by atoms with van der Waals surface area (Å²) in [6.45, 7) is 0. The number of ether oxygens (including phenoxy) is 4. The van der Waals surface area contributed by atoms with Crippen molar-refractivity contribution in [2.45, 2.75) is 0 Å². The van der Waals surface area contributed by atoms with E-state index in [2.05, 4.69) is 35.3 Å². The zero-order valence-electron chi connectivity index (χ0n) is 16.9. The highest BCUT2D eigenvalue weighted by atomic mass is 16.5. The van der Waals surface area contributed by atoms with Crippen molar-refractivity contribution in [2.75, 3.05) is 28.4 Å². The molecule has 3 aromatic carbocycles. The first kappa shape index (κ1) is 18.7. The van der Waals surface area contributed by atoms with Gasteiger partial charge >= 0.3 is 0 Å². The third-order valence-electron chi connectivity index (χ3n) is 5.06. The number of rotatable bonds is 6. The van der Waals surface area contributed by atoms with Gasteiger partial charge in [0.25, 0.3) is 0 Å². The summed E-state index contributed by atoms with van der Waals surface area (Å²) >= 11 is 0. The van der Waals surface area contributed by atoms with Crippen molar-refractivity contribution in [2.24, 2.45) is 0 Å². The Morgan fingerprint density at radius 3 is 2.03 bits per heavy atom. The van der Waals surface area contributed by atoms with Crippen molar-refractivity contribution in [3.63, 3.8) is 0 Å². The number of benzene rings is 3. The third kappa shape index (κ3) is 3.36. The number of nitrogens with one attached hydrogen (secondary N) is 1. The summed E-state index contributed by atoms with van der Waals surface area (Å²) in [6, 6.07) is 18.4. The van der Waals surface area contributed by atoms with E-state index in [4.69, 9.17) is 18.9 Å². The summed E-state index contributed by atoms with van der Waals surface area (Å²) < 4.78 is 21.8. The van der Waals surface area contributed by atoms with Crippen LogP contribution in [0.3, 0.4) is 0 Å². The highest BCUT2D eigenvalue weighted by Crippen LogP contribution is 2.42. The smallest absolute Gasteiger partial charge is 0.203 e. The number of aromatic nitrogens is 1. The third-order valence-corrected chi connectivity index (χ3v) is 5.06. The molecule has 0 spiro atoms. The lowest BCUT2D eigenvalue weighted by atomic mass is 9.98. The Kier molecular flexibility index (Phi) is 5.04. The molecule has 1 N–H and O–H groups in total. The number of methoxy groups -OCH3 is 4. The van der Waals surface area contributed by atoms with E-state index in [-0.39, 0.29) is 0 Å². The van der Waals surface area contributed by atoms with E-state index in [9.17, 15) is 0 Å². The van der Waals surface area contributed by atoms with Gasteiger partial charge in [-0.05, 0) is 47.0 Å². The Bertz CT molecular complexity index is 1140. The predicted molar refractivity (Wildman–Crippen MR) is 115 cm³/mol. The first-order chi connectivity index (χ1) is 14.2. The van der Waals surface area contributed by atoms with Gasteiger partial charge in [-0.2, -0.15) is 0 Å². The lowest BCUT2D eigenvalue weighted by Gasteiger charge is -2.14. The molecule has 4 rings (SSSR count). The summed E-state index contributed by atoms with van der Waals surface area (Å²) in [5.41, 5.74) is 5.34. The summed E-state index contributed by atoms with van der Waals surface area (Å²) in [5, 5.41) is 1.15. The molecule has 0 atom stereocenters. The molecule has 0 aliphatic heterocycles. The number of H-pyrrole nitrogens is 1. The van der Waals surface area contributed by atoms with Crippen LogP contribution in [0, 0.1) is 0 Å². The molecular weight excluding hydrogens is 366 g/mol. The molecule has 1 aromatic heterocycles. The van der Waals surface area contributed by atoms with Crippen molar-refractivity contribution < 1.29 is 18.9 Å². The van der Waals surface area contributed by atoms with Crippen LogP contribution in [-0.4, -0.2) is 33.4 Å². The fourth-order valence-corrected chi connectivity index (χ4v) is 3.59. The van der Waals surface area contributed by atoms with Crippen molar-refractivity contribution in [3.05, 3.63) is 60.8 Å². The molecule has 0 fully saturated rings. The van der Waals surface area contributed by atoms with Crippen LogP contribution in [0.25, 0.3) is 33.2 Å². The summed E-state index contributed by atoms with van der Waals surface area (Å²) in [6.07, 6.45) is 2.03. The van der Waals surface area contributed by atoms with Crippen LogP contribution >= 0.6 is 0 Å². The highest BCUT2D eigenvalue weighted by Gasteiger charge is 2.15. The van der Waals surface area contributed by atoms with Crippen LogP contribution in [-0.2, 0) is 0 Å². The van der Waals surface area contributed by atoms with Gasteiger partial charge in [-0.15, -0.1) is 0 Å². The minimum absolute atomic E-state index is 0.584. The van der Waals surface area contributed by atoms with E-state index in [0.29, 0.717) is 17.2 Å². The molecule has 0 aliphatic rings. The molecule has 0 radical (unpaired) electrons. The van der Waals surface area contributed by atoms with Crippen molar-refractivity contribution in [3.8, 4) is 45.3 Å². The topological polar surface area (TPSA) is 52.7 Å². The zero-order valence-corrected chi connectivity index (χ0v) is 16.9. The Morgan fingerprint density at radius 1 is 0.655 bits per heavy atom. The van der Waals surface area contributed by atoms with Gasteiger partial charge in [0.1, 0.15) is 5.75 Å². The highest BCUT2D eigenvalue weighted by molar-refractivity contribution is 5.96. The van der Waals surface area contributed by atoms with Crippen LogP contribution in [0.15, 0.2) is 60.8 Å². The minimum Gasteiger partial charge on any atom is -0.497 e. The van der Waals surface area contributed by atoms with Crippen LogP contribution < -0.4 is 18.9 Å². The zero-order chi connectivity index (χ0) is 20.4. The van der Waals surface area contributed by atoms with E-state index < -0.39 is 0 Å². The Labute approximate surface area is 169 Å². The molecule has 0 saturated carbocycles. The van der Waals surface area contributed by atoms with Crippen LogP contribution in [0.5, 0.6) is 23.0 Å². The van der Waals surface area contributed by atoms with Gasteiger partial charge in [0.2, 0.25) is 5.75 Å². The van der Waals surface area contributed by atoms with E-state index in [1.165, 1.54) is 0 Å². The van der Waals surface area contributed by atoms with E-state index in [1.54, 1.807) is 28.4 Å². The summed E-state index contributed by atoms with van der Waals surface area (Å²) in [4.78, 5) is 3.34. The lowest BCUT2D eigenvalue weighted by Crippen LogP contribution is -1.95. The van der Waals surface area contributed by atoms with Gasteiger partial charge < -0.3 is 23.9 Å². The quantitative estimate of drug-likeness (QED) is 0.471. The van der Waals surface area contributed by atoms with Gasteiger partial charge in [-0.1, -0.05) is 18.2 Å². The second-order valence-electron chi connectivity index (χ2n) is 6.61. The first-order valence-electron chi connectivity index (χ1n) is 9.24. The molecule has 0 unspecified atom stereocenters. The molecule has 0 amide bonds. The fourth-order valence-electron chi connectivity index (χ4n) is 3.59. The standard InChI is InChI=1S/C24H23NO4/c1-26-18-8-9-19-20(14-25-21(19)13-18)16-7-5-6-15(10-16)17-11-22(27-2)24(29-4)23(12-17)28-3/h5-14,25H,1-4H3. The van der Waals surface area contributed by atoms with Crippen molar-refractivity contribution in [1.29, 1.82) is 0 Å². The SMILES string of the molecule is COc1ccc2c(-c3cccc(-c4cc(OC)c(OC)c(OC)c4)c3)c[nH]c2c1. The largest absolute Gasteiger partial charge is 0.497 e. The number of hydrogen-bond donors (Lipinski definition) is 1. The van der Waals surface area contributed by atoms with E-state index in [1.807, 2.05) is 30.5 Å². The van der Waals surface area contributed by atoms with Crippen LogP contribution in [0.1, 0.15) is 0 Å². The Hall–Kier alpha value is -3.60. The van der Waals surface area contributed by atoms with Crippen LogP contribution in [0.2, 0.25) is 0 Å². The molecule has 5 heteroatoms. The number of aromatic amines is 1. The first-order valence-corrected chi connectivity index (χ1v) is 9.24. The van der Waals surface area contributed by atoms with Gasteiger partial charge in [0, 0.05) is 28.7 Å². The maximum Gasteiger partial charge on any atom is 0.203 e. The molecule has 0 saturated heterocycles.